The molecule has 0 aromatic carbocycles. The molecule has 1 aliphatic carbocycles. The summed E-state index contributed by atoms with van der Waals surface area (Å²) < 4.78 is 10.5. The van der Waals surface area contributed by atoms with Crippen LogP contribution < -0.4 is 0 Å². The van der Waals surface area contributed by atoms with E-state index in [4.69, 9.17) is 9.47 Å². The van der Waals surface area contributed by atoms with Crippen LogP contribution >= 0.6 is 0 Å². The van der Waals surface area contributed by atoms with Gasteiger partial charge in [0.25, 0.3) is 0 Å². The SMILES string of the molecule is COC(CN1CCC2CCCCC2C1)OC. The van der Waals surface area contributed by atoms with Gasteiger partial charge in [-0.15, -0.1) is 0 Å². The second kappa shape index (κ2) is 5.99. The van der Waals surface area contributed by atoms with Gasteiger partial charge in [0.05, 0.1) is 0 Å². The fraction of sp³-hybridized carbons (Fsp3) is 1.00. The number of piperidine rings is 1. The second-order valence-corrected chi connectivity index (χ2v) is 5.25. The van der Waals surface area contributed by atoms with E-state index in [9.17, 15) is 0 Å². The summed E-state index contributed by atoms with van der Waals surface area (Å²) in [6.45, 7) is 3.41. The zero-order valence-electron chi connectivity index (χ0n) is 10.7. The van der Waals surface area contributed by atoms with Gasteiger partial charge in [-0.3, -0.25) is 4.90 Å². The maximum atomic E-state index is 5.27. The van der Waals surface area contributed by atoms with Gasteiger partial charge in [-0.1, -0.05) is 19.3 Å². The highest BCUT2D eigenvalue weighted by Gasteiger charge is 2.31. The van der Waals surface area contributed by atoms with Crippen LogP contribution in [0.5, 0.6) is 0 Å². The number of hydrogen-bond acceptors (Lipinski definition) is 3. The van der Waals surface area contributed by atoms with Gasteiger partial charge < -0.3 is 9.47 Å². The number of fused-ring (bicyclic) bond motifs is 1. The van der Waals surface area contributed by atoms with Crippen LogP contribution in [-0.2, 0) is 9.47 Å². The molecular formula is C13H25NO2. The topological polar surface area (TPSA) is 21.7 Å². The van der Waals surface area contributed by atoms with Crippen LogP contribution in [0.4, 0.5) is 0 Å². The average Bonchev–Trinajstić information content (AvgIpc) is 2.35. The van der Waals surface area contributed by atoms with Crippen molar-refractivity contribution in [3.63, 3.8) is 0 Å². The van der Waals surface area contributed by atoms with Gasteiger partial charge in [-0.25, -0.2) is 0 Å². The quantitative estimate of drug-likeness (QED) is 0.687. The van der Waals surface area contributed by atoms with Crippen molar-refractivity contribution in [3.8, 4) is 0 Å². The maximum Gasteiger partial charge on any atom is 0.169 e. The summed E-state index contributed by atoms with van der Waals surface area (Å²) in [6, 6.07) is 0. The molecule has 1 aliphatic heterocycles. The van der Waals surface area contributed by atoms with E-state index in [1.54, 1.807) is 14.2 Å². The molecule has 2 unspecified atom stereocenters. The molecule has 1 saturated carbocycles. The van der Waals surface area contributed by atoms with Crippen molar-refractivity contribution in [3.05, 3.63) is 0 Å². The zero-order valence-corrected chi connectivity index (χ0v) is 10.7. The standard InChI is InChI=1S/C13H25NO2/c1-15-13(16-2)10-14-8-7-11-5-3-4-6-12(11)9-14/h11-13H,3-10H2,1-2H3. The Balaban J connectivity index is 1.80. The van der Waals surface area contributed by atoms with Gasteiger partial charge in [0.1, 0.15) is 0 Å². The van der Waals surface area contributed by atoms with Crippen LogP contribution in [0, 0.1) is 11.8 Å². The molecule has 2 fully saturated rings. The molecule has 2 atom stereocenters. The predicted molar refractivity (Wildman–Crippen MR) is 64.3 cm³/mol. The van der Waals surface area contributed by atoms with E-state index < -0.39 is 0 Å². The van der Waals surface area contributed by atoms with Gasteiger partial charge in [0, 0.05) is 27.3 Å². The Hall–Kier alpha value is -0.120. The third-order valence-electron chi connectivity index (χ3n) is 4.31. The molecule has 1 heterocycles. The van der Waals surface area contributed by atoms with Gasteiger partial charge >= 0.3 is 0 Å². The first-order valence-corrected chi connectivity index (χ1v) is 6.61. The first-order valence-electron chi connectivity index (χ1n) is 6.61. The largest absolute Gasteiger partial charge is 0.355 e. The Bertz CT molecular complexity index is 206. The first kappa shape index (κ1) is 12.3. The Kier molecular flexibility index (Phi) is 4.62. The third-order valence-corrected chi connectivity index (χ3v) is 4.31. The molecule has 2 aliphatic rings. The van der Waals surface area contributed by atoms with Crippen molar-refractivity contribution in [2.75, 3.05) is 33.9 Å². The molecule has 0 bridgehead atoms. The lowest BCUT2D eigenvalue weighted by Gasteiger charge is -2.41. The third kappa shape index (κ3) is 2.96. The first-order chi connectivity index (χ1) is 7.83. The van der Waals surface area contributed by atoms with Crippen LogP contribution in [0.2, 0.25) is 0 Å². The summed E-state index contributed by atoms with van der Waals surface area (Å²) >= 11 is 0. The van der Waals surface area contributed by atoms with E-state index in [1.165, 1.54) is 45.2 Å². The minimum absolute atomic E-state index is 0.0554. The van der Waals surface area contributed by atoms with E-state index >= 15 is 0 Å². The molecule has 0 N–H and O–H groups in total. The van der Waals surface area contributed by atoms with Crippen molar-refractivity contribution in [2.24, 2.45) is 11.8 Å². The highest BCUT2D eigenvalue weighted by Crippen LogP contribution is 2.35. The summed E-state index contributed by atoms with van der Waals surface area (Å²) in [4.78, 5) is 2.52. The molecule has 2 rings (SSSR count). The summed E-state index contributed by atoms with van der Waals surface area (Å²) in [5.41, 5.74) is 0. The number of methoxy groups -OCH3 is 2. The van der Waals surface area contributed by atoms with Gasteiger partial charge in [-0.05, 0) is 31.2 Å². The second-order valence-electron chi connectivity index (χ2n) is 5.25. The van der Waals surface area contributed by atoms with Crippen molar-refractivity contribution in [1.82, 2.24) is 4.90 Å². The van der Waals surface area contributed by atoms with E-state index in [1.807, 2.05) is 0 Å². The van der Waals surface area contributed by atoms with Gasteiger partial charge in [0.2, 0.25) is 0 Å². The Morgan fingerprint density at radius 3 is 2.44 bits per heavy atom. The van der Waals surface area contributed by atoms with E-state index in [2.05, 4.69) is 4.90 Å². The molecule has 94 valence electrons. The predicted octanol–water partition coefficient (Wildman–Crippen LogP) is 2.12. The fourth-order valence-corrected chi connectivity index (χ4v) is 3.30. The Morgan fingerprint density at radius 1 is 1.06 bits per heavy atom. The maximum absolute atomic E-state index is 5.27. The number of ether oxygens (including phenoxy) is 2. The summed E-state index contributed by atoms with van der Waals surface area (Å²) in [7, 11) is 3.45. The van der Waals surface area contributed by atoms with Crippen molar-refractivity contribution in [1.29, 1.82) is 0 Å². The Morgan fingerprint density at radius 2 is 1.75 bits per heavy atom. The van der Waals surface area contributed by atoms with E-state index in [-0.39, 0.29) is 6.29 Å². The van der Waals surface area contributed by atoms with Crippen molar-refractivity contribution >= 4 is 0 Å². The molecule has 16 heavy (non-hydrogen) atoms. The molecular weight excluding hydrogens is 202 g/mol. The number of rotatable bonds is 4. The lowest BCUT2D eigenvalue weighted by Crippen LogP contribution is -2.45. The molecule has 3 nitrogen and oxygen atoms in total. The van der Waals surface area contributed by atoms with Crippen LogP contribution in [0.3, 0.4) is 0 Å². The number of likely N-dealkylation sites (tertiary alicyclic amines) is 1. The molecule has 0 radical (unpaired) electrons. The Labute approximate surface area is 99.1 Å². The number of hydrogen-bond donors (Lipinski definition) is 0. The lowest BCUT2D eigenvalue weighted by molar-refractivity contribution is -0.122. The van der Waals surface area contributed by atoms with Crippen LogP contribution in [0.25, 0.3) is 0 Å². The fourth-order valence-electron chi connectivity index (χ4n) is 3.30. The van der Waals surface area contributed by atoms with Gasteiger partial charge in [0.15, 0.2) is 6.29 Å². The summed E-state index contributed by atoms with van der Waals surface area (Å²) in [6.07, 6.45) is 7.13. The molecule has 3 heteroatoms. The zero-order chi connectivity index (χ0) is 11.4. The lowest BCUT2D eigenvalue weighted by atomic mass is 9.75. The highest BCUT2D eigenvalue weighted by atomic mass is 16.7. The van der Waals surface area contributed by atoms with E-state index in [0.717, 1.165) is 18.4 Å². The number of nitrogens with zero attached hydrogens (tertiary/aromatic N) is 1. The molecule has 1 saturated heterocycles. The average molecular weight is 227 g/mol. The molecule has 0 spiro atoms. The molecule has 0 aromatic heterocycles. The van der Waals surface area contributed by atoms with Crippen LogP contribution in [-0.4, -0.2) is 45.0 Å². The van der Waals surface area contributed by atoms with Crippen LogP contribution in [0.1, 0.15) is 32.1 Å². The van der Waals surface area contributed by atoms with E-state index in [0.29, 0.717) is 0 Å². The van der Waals surface area contributed by atoms with Gasteiger partial charge in [-0.2, -0.15) is 0 Å². The van der Waals surface area contributed by atoms with Crippen molar-refractivity contribution < 1.29 is 9.47 Å². The molecule has 0 amide bonds. The summed E-state index contributed by atoms with van der Waals surface area (Å²) in [5.74, 6) is 1.95. The minimum atomic E-state index is -0.0554. The minimum Gasteiger partial charge on any atom is -0.355 e. The summed E-state index contributed by atoms with van der Waals surface area (Å²) in [5, 5.41) is 0. The smallest absolute Gasteiger partial charge is 0.169 e. The normalized spacial score (nSPS) is 31.7. The monoisotopic (exact) mass is 227 g/mol. The highest BCUT2D eigenvalue weighted by molar-refractivity contribution is 4.83. The van der Waals surface area contributed by atoms with Crippen molar-refractivity contribution in [2.45, 2.75) is 38.4 Å². The van der Waals surface area contributed by atoms with Crippen LogP contribution in [0.15, 0.2) is 0 Å². The molecule has 0 aromatic rings.